The van der Waals surface area contributed by atoms with E-state index in [4.69, 9.17) is 4.74 Å². The van der Waals surface area contributed by atoms with Crippen molar-refractivity contribution >= 4 is 5.91 Å². The Kier molecular flexibility index (Phi) is 4.89. The molecule has 4 rings (SSSR count). The quantitative estimate of drug-likeness (QED) is 0.724. The third-order valence-corrected chi connectivity index (χ3v) is 4.74. The molecule has 0 saturated heterocycles. The van der Waals surface area contributed by atoms with Gasteiger partial charge in [0.25, 0.3) is 5.56 Å². The Morgan fingerprint density at radius 1 is 1.29 bits per heavy atom. The molecule has 0 spiro atoms. The molecule has 1 aromatic carbocycles. The van der Waals surface area contributed by atoms with Gasteiger partial charge >= 0.3 is 0 Å². The average molecular weight is 376 g/mol. The van der Waals surface area contributed by atoms with Gasteiger partial charge in [-0.05, 0) is 37.1 Å². The standard InChI is InChI=1S/C21H20N4O3/c1-13-17(21(27)25-20(23-13)15-6-4-8-22-11-15)10-19(26)24-16-9-14-5-2-3-7-18(14)28-12-16/h2-8,11,16H,9-10,12H2,1H3,(H,24,26)(H,23,25,27)/t16-/m0/s1. The molecule has 1 amide bonds. The Morgan fingerprint density at radius 2 is 2.14 bits per heavy atom. The van der Waals surface area contributed by atoms with Crippen LogP contribution in [0.2, 0.25) is 0 Å². The van der Waals surface area contributed by atoms with E-state index in [0.717, 1.165) is 16.9 Å². The highest BCUT2D eigenvalue weighted by Crippen LogP contribution is 2.23. The van der Waals surface area contributed by atoms with Crippen molar-refractivity contribution in [2.45, 2.75) is 25.8 Å². The SMILES string of the molecule is Cc1nc(-c2cccnc2)[nH]c(=O)c1CC(=O)N[C@@H]1COc2ccccc2C1. The maximum Gasteiger partial charge on any atom is 0.255 e. The minimum atomic E-state index is -0.313. The number of fused-ring (bicyclic) bond motifs is 1. The zero-order valence-corrected chi connectivity index (χ0v) is 15.4. The summed E-state index contributed by atoms with van der Waals surface area (Å²) >= 11 is 0. The lowest BCUT2D eigenvalue weighted by molar-refractivity contribution is -0.121. The van der Waals surface area contributed by atoms with Crippen LogP contribution in [0.5, 0.6) is 5.75 Å². The first-order valence-corrected chi connectivity index (χ1v) is 9.10. The molecule has 0 unspecified atom stereocenters. The molecule has 7 nitrogen and oxygen atoms in total. The number of aromatic nitrogens is 3. The highest BCUT2D eigenvalue weighted by molar-refractivity contribution is 5.79. The minimum absolute atomic E-state index is 0.0281. The summed E-state index contributed by atoms with van der Waals surface area (Å²) in [5, 5.41) is 2.95. The average Bonchev–Trinajstić information content (AvgIpc) is 2.71. The normalized spacial score (nSPS) is 15.4. The number of nitrogens with zero attached hydrogens (tertiary/aromatic N) is 2. The van der Waals surface area contributed by atoms with Gasteiger partial charge < -0.3 is 15.0 Å². The van der Waals surface area contributed by atoms with Gasteiger partial charge in [0.05, 0.1) is 12.5 Å². The second-order valence-corrected chi connectivity index (χ2v) is 6.78. The molecule has 28 heavy (non-hydrogen) atoms. The van der Waals surface area contributed by atoms with Gasteiger partial charge in [-0.15, -0.1) is 0 Å². The molecule has 0 aliphatic carbocycles. The molecule has 1 aliphatic rings. The monoisotopic (exact) mass is 376 g/mol. The van der Waals surface area contributed by atoms with Crippen LogP contribution < -0.4 is 15.6 Å². The van der Waals surface area contributed by atoms with Crippen LogP contribution in [0.3, 0.4) is 0 Å². The van der Waals surface area contributed by atoms with Crippen molar-refractivity contribution < 1.29 is 9.53 Å². The molecule has 0 saturated carbocycles. The minimum Gasteiger partial charge on any atom is -0.491 e. The van der Waals surface area contributed by atoms with Crippen LogP contribution >= 0.6 is 0 Å². The molecule has 1 aliphatic heterocycles. The van der Waals surface area contributed by atoms with Crippen molar-refractivity contribution in [3.63, 3.8) is 0 Å². The van der Waals surface area contributed by atoms with Crippen molar-refractivity contribution in [1.29, 1.82) is 0 Å². The van der Waals surface area contributed by atoms with E-state index in [9.17, 15) is 9.59 Å². The molecule has 2 aromatic heterocycles. The third-order valence-electron chi connectivity index (χ3n) is 4.74. The maximum absolute atomic E-state index is 12.5. The van der Waals surface area contributed by atoms with Gasteiger partial charge in [-0.1, -0.05) is 18.2 Å². The lowest BCUT2D eigenvalue weighted by Crippen LogP contribution is -2.43. The van der Waals surface area contributed by atoms with Gasteiger partial charge in [0.15, 0.2) is 0 Å². The first-order valence-electron chi connectivity index (χ1n) is 9.10. The predicted octanol–water partition coefficient (Wildman–Crippen LogP) is 1.80. The van der Waals surface area contributed by atoms with Crippen molar-refractivity contribution in [2.75, 3.05) is 6.61 Å². The van der Waals surface area contributed by atoms with E-state index in [1.54, 1.807) is 25.4 Å². The van der Waals surface area contributed by atoms with Crippen LogP contribution in [-0.4, -0.2) is 33.5 Å². The number of hydrogen-bond acceptors (Lipinski definition) is 5. The summed E-state index contributed by atoms with van der Waals surface area (Å²) in [6.07, 6.45) is 3.96. The number of hydrogen-bond donors (Lipinski definition) is 2. The summed E-state index contributed by atoms with van der Waals surface area (Å²) in [7, 11) is 0. The first kappa shape index (κ1) is 17.9. The number of ether oxygens (including phenoxy) is 1. The molecule has 3 aromatic rings. The van der Waals surface area contributed by atoms with Crippen LogP contribution in [0.4, 0.5) is 0 Å². The Labute approximate surface area is 161 Å². The fraction of sp³-hybridized carbons (Fsp3) is 0.238. The van der Waals surface area contributed by atoms with E-state index in [1.807, 2.05) is 30.3 Å². The molecule has 2 N–H and O–H groups in total. The van der Waals surface area contributed by atoms with Crippen LogP contribution in [0, 0.1) is 6.92 Å². The lowest BCUT2D eigenvalue weighted by atomic mass is 10.0. The van der Waals surface area contributed by atoms with Crippen LogP contribution in [-0.2, 0) is 17.6 Å². The number of aromatic amines is 1. The van der Waals surface area contributed by atoms with Crippen LogP contribution in [0.25, 0.3) is 11.4 Å². The molecular weight excluding hydrogens is 356 g/mol. The smallest absolute Gasteiger partial charge is 0.255 e. The van der Waals surface area contributed by atoms with E-state index in [1.165, 1.54) is 0 Å². The third kappa shape index (κ3) is 3.78. The Bertz CT molecular complexity index is 1060. The molecule has 0 bridgehead atoms. The topological polar surface area (TPSA) is 97.0 Å². The largest absolute Gasteiger partial charge is 0.491 e. The van der Waals surface area contributed by atoms with Gasteiger partial charge in [-0.25, -0.2) is 4.98 Å². The first-order chi connectivity index (χ1) is 13.6. The van der Waals surface area contributed by atoms with Crippen molar-refractivity contribution in [2.24, 2.45) is 0 Å². The number of pyridine rings is 1. The highest BCUT2D eigenvalue weighted by Gasteiger charge is 2.22. The number of carbonyl (C=O) groups excluding carboxylic acids is 1. The Morgan fingerprint density at radius 3 is 2.93 bits per heavy atom. The van der Waals surface area contributed by atoms with Gasteiger partial charge in [0, 0.05) is 29.2 Å². The number of para-hydroxylation sites is 1. The second-order valence-electron chi connectivity index (χ2n) is 6.78. The Hall–Kier alpha value is -3.48. The summed E-state index contributed by atoms with van der Waals surface area (Å²) < 4.78 is 5.70. The summed E-state index contributed by atoms with van der Waals surface area (Å²) in [5.41, 5.74) is 2.37. The summed E-state index contributed by atoms with van der Waals surface area (Å²) in [6, 6.07) is 11.3. The molecule has 7 heteroatoms. The molecule has 0 fully saturated rings. The second kappa shape index (κ2) is 7.64. The number of nitrogens with one attached hydrogen (secondary N) is 2. The van der Waals surface area contributed by atoms with E-state index >= 15 is 0 Å². The zero-order valence-electron chi connectivity index (χ0n) is 15.4. The van der Waals surface area contributed by atoms with Gasteiger partial charge in [-0.3, -0.25) is 14.6 Å². The predicted molar refractivity (Wildman–Crippen MR) is 104 cm³/mol. The fourth-order valence-corrected chi connectivity index (χ4v) is 3.32. The highest BCUT2D eigenvalue weighted by atomic mass is 16.5. The number of H-pyrrole nitrogens is 1. The summed E-state index contributed by atoms with van der Waals surface area (Å²) in [6.45, 7) is 2.15. The molecule has 3 heterocycles. The van der Waals surface area contributed by atoms with Gasteiger partial charge in [-0.2, -0.15) is 0 Å². The number of rotatable bonds is 4. The summed E-state index contributed by atoms with van der Waals surface area (Å²) in [5.74, 6) is 1.07. The number of aryl methyl sites for hydroxylation is 1. The maximum atomic E-state index is 12.5. The Balaban J connectivity index is 1.46. The zero-order chi connectivity index (χ0) is 19.5. The number of amides is 1. The summed E-state index contributed by atoms with van der Waals surface area (Å²) in [4.78, 5) is 36.2. The van der Waals surface area contributed by atoms with E-state index < -0.39 is 0 Å². The van der Waals surface area contributed by atoms with Gasteiger partial charge in [0.1, 0.15) is 18.2 Å². The van der Waals surface area contributed by atoms with Crippen molar-refractivity contribution in [1.82, 2.24) is 20.3 Å². The fourth-order valence-electron chi connectivity index (χ4n) is 3.32. The van der Waals surface area contributed by atoms with Crippen molar-refractivity contribution in [3.8, 4) is 17.1 Å². The van der Waals surface area contributed by atoms with Crippen molar-refractivity contribution in [3.05, 3.63) is 76.0 Å². The lowest BCUT2D eigenvalue weighted by Gasteiger charge is -2.26. The molecule has 1 atom stereocenters. The molecular formula is C21H20N4O3. The molecule has 142 valence electrons. The van der Waals surface area contributed by atoms with Crippen LogP contribution in [0.15, 0.2) is 53.6 Å². The van der Waals surface area contributed by atoms with E-state index in [-0.39, 0.29) is 23.9 Å². The number of carbonyl (C=O) groups is 1. The van der Waals surface area contributed by atoms with Gasteiger partial charge in [0.2, 0.25) is 5.91 Å². The van der Waals surface area contributed by atoms with Crippen LogP contribution in [0.1, 0.15) is 16.8 Å². The molecule has 0 radical (unpaired) electrons. The number of benzene rings is 1. The van der Waals surface area contributed by atoms with E-state index in [0.29, 0.717) is 30.1 Å². The van der Waals surface area contributed by atoms with E-state index in [2.05, 4.69) is 20.3 Å².